The maximum Gasteiger partial charge on any atom is 0.453 e. The lowest BCUT2D eigenvalue weighted by molar-refractivity contribution is -0.284. The molecule has 2 aromatic rings. The third kappa shape index (κ3) is 5.71. The van der Waals surface area contributed by atoms with E-state index >= 15 is 0 Å². The molecule has 15 heteroatoms. The molecule has 1 saturated heterocycles. The predicted octanol–water partition coefficient (Wildman–Crippen LogP) is 3.52. The second kappa shape index (κ2) is 10.7. The molecule has 2 N–H and O–H groups in total. The van der Waals surface area contributed by atoms with Crippen molar-refractivity contribution < 1.29 is 45.1 Å². The van der Waals surface area contributed by atoms with Gasteiger partial charge in [-0.15, -0.1) is 12.4 Å². The molecule has 194 valence electrons. The van der Waals surface area contributed by atoms with Gasteiger partial charge >= 0.3 is 12.1 Å². The first-order chi connectivity index (χ1) is 15.8. The highest BCUT2D eigenvalue weighted by Crippen LogP contribution is 2.39. The fraction of sp³-hybridized carbons (Fsp3) is 0.450. The monoisotopic (exact) mass is 545 g/mol. The SMILES string of the molecule is Cl.O=C(NO)C1(S(=O)(=O)c2ccc(-c3cnc(CCC(F)(F)C(F)(F)F)nc3)cc2)CCOCC1. The summed E-state index contributed by atoms with van der Waals surface area (Å²) in [4.78, 5) is 19.7. The van der Waals surface area contributed by atoms with Crippen LogP contribution >= 0.6 is 12.4 Å². The Morgan fingerprint density at radius 2 is 1.57 bits per heavy atom. The van der Waals surface area contributed by atoms with Gasteiger partial charge in [-0.2, -0.15) is 22.0 Å². The summed E-state index contributed by atoms with van der Waals surface area (Å²) in [6.07, 6.45) is -5.69. The number of sulfone groups is 1. The third-order valence-corrected chi connectivity index (χ3v) is 8.13. The first-order valence-electron chi connectivity index (χ1n) is 9.97. The van der Waals surface area contributed by atoms with E-state index < -0.39 is 45.4 Å². The molecule has 0 spiro atoms. The van der Waals surface area contributed by atoms with Crippen molar-refractivity contribution >= 4 is 28.2 Å². The van der Waals surface area contributed by atoms with Gasteiger partial charge in [0, 0.05) is 44.0 Å². The molecule has 0 radical (unpaired) electrons. The molecule has 1 aromatic heterocycles. The zero-order valence-electron chi connectivity index (χ0n) is 17.9. The van der Waals surface area contributed by atoms with Crippen molar-refractivity contribution in [1.82, 2.24) is 15.4 Å². The Labute approximate surface area is 203 Å². The minimum atomic E-state index is -5.66. The first-order valence-corrected chi connectivity index (χ1v) is 11.5. The number of nitrogens with zero attached hydrogens (tertiary/aromatic N) is 2. The van der Waals surface area contributed by atoms with Gasteiger partial charge in [0.2, 0.25) is 0 Å². The van der Waals surface area contributed by atoms with Gasteiger partial charge in [-0.3, -0.25) is 10.0 Å². The highest BCUT2D eigenvalue weighted by atomic mass is 35.5. The van der Waals surface area contributed by atoms with Gasteiger partial charge in [0.25, 0.3) is 5.91 Å². The second-order valence-electron chi connectivity index (χ2n) is 7.67. The molecule has 35 heavy (non-hydrogen) atoms. The van der Waals surface area contributed by atoms with Crippen LogP contribution in [-0.4, -0.2) is 59.6 Å². The fourth-order valence-corrected chi connectivity index (χ4v) is 5.46. The summed E-state index contributed by atoms with van der Waals surface area (Å²) in [5.41, 5.74) is 2.23. The Balaban J connectivity index is 0.00000432. The van der Waals surface area contributed by atoms with Crippen LogP contribution in [0.5, 0.6) is 0 Å². The van der Waals surface area contributed by atoms with Crippen LogP contribution < -0.4 is 5.48 Å². The average molecular weight is 546 g/mol. The molecule has 1 amide bonds. The predicted molar refractivity (Wildman–Crippen MR) is 114 cm³/mol. The number of hydrogen-bond acceptors (Lipinski definition) is 7. The van der Waals surface area contributed by atoms with Crippen molar-refractivity contribution in [3.05, 3.63) is 42.5 Å². The average Bonchev–Trinajstić information content (AvgIpc) is 2.82. The van der Waals surface area contributed by atoms with Crippen LogP contribution in [-0.2, 0) is 25.8 Å². The topological polar surface area (TPSA) is 118 Å². The van der Waals surface area contributed by atoms with Crippen LogP contribution in [0.4, 0.5) is 22.0 Å². The summed E-state index contributed by atoms with van der Waals surface area (Å²) in [5.74, 6) is -6.12. The van der Waals surface area contributed by atoms with Crippen molar-refractivity contribution in [1.29, 1.82) is 0 Å². The van der Waals surface area contributed by atoms with Crippen LogP contribution in [0.1, 0.15) is 25.1 Å². The van der Waals surface area contributed by atoms with Gasteiger partial charge in [0.1, 0.15) is 5.82 Å². The zero-order valence-corrected chi connectivity index (χ0v) is 19.5. The lowest BCUT2D eigenvalue weighted by Crippen LogP contribution is -2.54. The number of aromatic nitrogens is 2. The fourth-order valence-electron chi connectivity index (χ4n) is 3.52. The van der Waals surface area contributed by atoms with Crippen molar-refractivity contribution in [3.63, 3.8) is 0 Å². The molecule has 3 rings (SSSR count). The normalized spacial score (nSPS) is 16.3. The van der Waals surface area contributed by atoms with Crippen LogP contribution in [0.15, 0.2) is 41.6 Å². The van der Waals surface area contributed by atoms with Gasteiger partial charge in [0.15, 0.2) is 14.6 Å². The minimum absolute atomic E-state index is 0. The van der Waals surface area contributed by atoms with E-state index in [2.05, 4.69) is 9.97 Å². The molecule has 0 unspecified atom stereocenters. The molecular weight excluding hydrogens is 525 g/mol. The number of benzene rings is 1. The van der Waals surface area contributed by atoms with Crippen LogP contribution in [0.3, 0.4) is 0 Å². The number of amides is 1. The molecular formula is C20H21ClF5N3O5S. The van der Waals surface area contributed by atoms with E-state index in [-0.39, 0.29) is 49.2 Å². The van der Waals surface area contributed by atoms with Gasteiger partial charge in [-0.25, -0.2) is 23.9 Å². The Morgan fingerprint density at radius 1 is 1.03 bits per heavy atom. The van der Waals surface area contributed by atoms with Crippen LogP contribution in [0.25, 0.3) is 11.1 Å². The van der Waals surface area contributed by atoms with E-state index in [1.165, 1.54) is 42.1 Å². The molecule has 8 nitrogen and oxygen atoms in total. The quantitative estimate of drug-likeness (QED) is 0.310. The number of hydrogen-bond donors (Lipinski definition) is 2. The number of nitrogens with one attached hydrogen (secondary N) is 1. The van der Waals surface area contributed by atoms with Gasteiger partial charge < -0.3 is 4.74 Å². The van der Waals surface area contributed by atoms with E-state index in [1.807, 2.05) is 0 Å². The molecule has 0 atom stereocenters. The van der Waals surface area contributed by atoms with Gasteiger partial charge in [0.05, 0.1) is 4.90 Å². The van der Waals surface area contributed by atoms with E-state index in [1.54, 1.807) is 0 Å². The molecule has 1 fully saturated rings. The maximum absolute atomic E-state index is 13.2. The van der Waals surface area contributed by atoms with E-state index in [4.69, 9.17) is 9.94 Å². The molecule has 1 aromatic carbocycles. The number of carbonyl (C=O) groups excluding carboxylic acids is 1. The summed E-state index contributed by atoms with van der Waals surface area (Å²) < 4.78 is 92.6. The van der Waals surface area contributed by atoms with Crippen molar-refractivity contribution in [3.8, 4) is 11.1 Å². The minimum Gasteiger partial charge on any atom is -0.381 e. The Bertz CT molecular complexity index is 1120. The van der Waals surface area contributed by atoms with Crippen molar-refractivity contribution in [2.45, 2.75) is 47.4 Å². The molecule has 2 heterocycles. The van der Waals surface area contributed by atoms with E-state index in [9.17, 15) is 35.2 Å². The van der Waals surface area contributed by atoms with Gasteiger partial charge in [-0.1, -0.05) is 12.1 Å². The van der Waals surface area contributed by atoms with Crippen LogP contribution in [0.2, 0.25) is 0 Å². The summed E-state index contributed by atoms with van der Waals surface area (Å²) in [6, 6.07) is 5.33. The number of alkyl halides is 5. The summed E-state index contributed by atoms with van der Waals surface area (Å²) in [7, 11) is -4.22. The number of halogens is 6. The molecule has 0 bridgehead atoms. The summed E-state index contributed by atoms with van der Waals surface area (Å²) in [6.45, 7) is 0.0344. The number of hydroxylamine groups is 1. The lowest BCUT2D eigenvalue weighted by Gasteiger charge is -2.34. The Morgan fingerprint density at radius 3 is 2.06 bits per heavy atom. The molecule has 1 aliphatic heterocycles. The van der Waals surface area contributed by atoms with E-state index in [0.29, 0.717) is 11.1 Å². The molecule has 0 aliphatic carbocycles. The molecule has 0 saturated carbocycles. The number of carbonyl (C=O) groups is 1. The largest absolute Gasteiger partial charge is 0.453 e. The van der Waals surface area contributed by atoms with Crippen molar-refractivity contribution in [2.75, 3.05) is 13.2 Å². The zero-order chi connectivity index (χ0) is 25.2. The number of rotatable bonds is 7. The van der Waals surface area contributed by atoms with Crippen molar-refractivity contribution in [2.24, 2.45) is 0 Å². The second-order valence-corrected chi connectivity index (χ2v) is 9.93. The number of aryl methyl sites for hydroxylation is 1. The molecule has 1 aliphatic rings. The summed E-state index contributed by atoms with van der Waals surface area (Å²) in [5, 5.41) is 9.08. The van der Waals surface area contributed by atoms with E-state index in [0.717, 1.165) is 0 Å². The number of ether oxygens (including phenoxy) is 1. The Kier molecular flexibility index (Phi) is 8.79. The Hall–Kier alpha value is -2.42. The third-order valence-electron chi connectivity index (χ3n) is 5.61. The smallest absolute Gasteiger partial charge is 0.381 e. The lowest BCUT2D eigenvalue weighted by atomic mass is 9.98. The van der Waals surface area contributed by atoms with Crippen LogP contribution in [0, 0.1) is 0 Å². The standard InChI is InChI=1S/C20H20F5N3O5S.ClH/c21-19(22,20(23,24)25)6-5-16-26-11-14(12-27-16)13-1-3-15(4-2-13)34(31,32)18(17(29)28-30)7-9-33-10-8-18;/h1-4,11-12,30H,5-10H2,(H,28,29);1H. The van der Waals surface area contributed by atoms with Gasteiger partial charge in [-0.05, 0) is 30.5 Å². The highest BCUT2D eigenvalue weighted by molar-refractivity contribution is 7.93. The first kappa shape index (κ1) is 28.8. The summed E-state index contributed by atoms with van der Waals surface area (Å²) >= 11 is 0. The highest BCUT2D eigenvalue weighted by Gasteiger charge is 2.56. The maximum atomic E-state index is 13.2.